The van der Waals surface area contributed by atoms with Crippen LogP contribution in [0.1, 0.15) is 16.7 Å². The average Bonchev–Trinajstić information content (AvgIpc) is 2.95. The highest BCUT2D eigenvalue weighted by molar-refractivity contribution is 5.82. The molecule has 9 heteroatoms. The average molecular weight is 525 g/mol. The van der Waals surface area contributed by atoms with E-state index in [1.165, 1.54) is 9.13 Å². The van der Waals surface area contributed by atoms with Crippen molar-refractivity contribution in [3.05, 3.63) is 105 Å². The second-order valence-electron chi connectivity index (χ2n) is 9.17. The van der Waals surface area contributed by atoms with Crippen LogP contribution in [0, 0.1) is 13.8 Å². The van der Waals surface area contributed by atoms with E-state index in [0.717, 1.165) is 22.1 Å². The molecule has 0 spiro atoms. The van der Waals surface area contributed by atoms with Crippen LogP contribution in [0.2, 0.25) is 0 Å². The van der Waals surface area contributed by atoms with Crippen LogP contribution in [0.5, 0.6) is 23.1 Å². The first-order chi connectivity index (χ1) is 18.8. The zero-order valence-electron chi connectivity index (χ0n) is 22.4. The minimum Gasteiger partial charge on any atom is -0.493 e. The summed E-state index contributed by atoms with van der Waals surface area (Å²) in [5.74, 6) is 2.08. The van der Waals surface area contributed by atoms with Gasteiger partial charge in [-0.1, -0.05) is 12.1 Å². The number of aromatic nitrogens is 4. The Bertz CT molecular complexity index is 1780. The van der Waals surface area contributed by atoms with Crippen molar-refractivity contribution in [1.29, 1.82) is 0 Å². The Morgan fingerprint density at radius 1 is 0.872 bits per heavy atom. The highest BCUT2D eigenvalue weighted by Crippen LogP contribution is 2.31. The van der Waals surface area contributed by atoms with Crippen molar-refractivity contribution in [1.82, 2.24) is 19.1 Å². The van der Waals surface area contributed by atoms with Crippen LogP contribution in [0.4, 0.5) is 0 Å². The lowest BCUT2D eigenvalue weighted by molar-refractivity contribution is 0.354. The summed E-state index contributed by atoms with van der Waals surface area (Å²) in [6.07, 6.45) is 3.37. The van der Waals surface area contributed by atoms with Gasteiger partial charge in [0.25, 0.3) is 5.56 Å². The number of rotatable bonds is 7. The lowest BCUT2D eigenvalue weighted by Crippen LogP contribution is -2.41. The molecule has 9 nitrogen and oxygen atoms in total. The summed E-state index contributed by atoms with van der Waals surface area (Å²) in [5, 5.41) is 0.926. The third kappa shape index (κ3) is 4.74. The molecule has 198 valence electrons. The first-order valence-electron chi connectivity index (χ1n) is 12.3. The van der Waals surface area contributed by atoms with Gasteiger partial charge in [-0.05, 0) is 67.4 Å². The molecule has 39 heavy (non-hydrogen) atoms. The first-order valence-corrected chi connectivity index (χ1v) is 12.3. The van der Waals surface area contributed by atoms with Gasteiger partial charge < -0.3 is 14.2 Å². The van der Waals surface area contributed by atoms with E-state index in [2.05, 4.69) is 9.97 Å². The molecule has 0 aliphatic heterocycles. The van der Waals surface area contributed by atoms with Gasteiger partial charge in [-0.15, -0.1) is 0 Å². The summed E-state index contributed by atoms with van der Waals surface area (Å²) in [5.41, 5.74) is 3.27. The Hall–Kier alpha value is -4.92. The quantitative estimate of drug-likeness (QED) is 0.306. The zero-order chi connectivity index (χ0) is 27.7. The minimum atomic E-state index is -0.416. The minimum absolute atomic E-state index is 0.102. The Morgan fingerprint density at radius 3 is 2.41 bits per heavy atom. The molecule has 3 heterocycles. The molecule has 0 saturated heterocycles. The van der Waals surface area contributed by atoms with Gasteiger partial charge >= 0.3 is 5.69 Å². The van der Waals surface area contributed by atoms with Crippen molar-refractivity contribution in [3.63, 3.8) is 0 Å². The number of nitrogens with zero attached hydrogens (tertiary/aromatic N) is 4. The Kier molecular flexibility index (Phi) is 6.89. The second-order valence-corrected chi connectivity index (χ2v) is 9.17. The maximum atomic E-state index is 13.4. The van der Waals surface area contributed by atoms with Gasteiger partial charge in [0.2, 0.25) is 5.88 Å². The number of hydrogen-bond acceptors (Lipinski definition) is 7. The van der Waals surface area contributed by atoms with E-state index < -0.39 is 5.69 Å². The molecule has 0 amide bonds. The maximum Gasteiger partial charge on any atom is 0.331 e. The zero-order valence-corrected chi connectivity index (χ0v) is 22.4. The third-order valence-electron chi connectivity index (χ3n) is 6.72. The first kappa shape index (κ1) is 25.7. The SMILES string of the molecule is COc1ccc(Cn2c(=O)c(C)c(-c3ccc(Oc4nccc5cccnc45)cc3C)n(C)c2=O)cc1OC. The number of fused-ring (bicyclic) bond motifs is 1. The fourth-order valence-electron chi connectivity index (χ4n) is 4.73. The Morgan fingerprint density at radius 2 is 1.67 bits per heavy atom. The van der Waals surface area contributed by atoms with Crippen LogP contribution >= 0.6 is 0 Å². The molecule has 2 aromatic carbocycles. The van der Waals surface area contributed by atoms with E-state index in [9.17, 15) is 9.59 Å². The van der Waals surface area contributed by atoms with Crippen LogP contribution in [0.25, 0.3) is 22.2 Å². The fraction of sp³-hybridized carbons (Fsp3) is 0.200. The topological polar surface area (TPSA) is 97.5 Å². The van der Waals surface area contributed by atoms with Crippen LogP contribution in [0.3, 0.4) is 0 Å². The van der Waals surface area contributed by atoms with E-state index in [-0.39, 0.29) is 12.1 Å². The van der Waals surface area contributed by atoms with Crippen LogP contribution < -0.4 is 25.5 Å². The number of ether oxygens (including phenoxy) is 3. The van der Waals surface area contributed by atoms with Crippen molar-refractivity contribution in [3.8, 4) is 34.4 Å². The van der Waals surface area contributed by atoms with Gasteiger partial charge in [0, 0.05) is 36.0 Å². The largest absolute Gasteiger partial charge is 0.493 e. The number of methoxy groups -OCH3 is 2. The second kappa shape index (κ2) is 10.4. The number of benzene rings is 2. The molecule has 0 bridgehead atoms. The fourth-order valence-corrected chi connectivity index (χ4v) is 4.73. The van der Waals surface area contributed by atoms with Crippen molar-refractivity contribution >= 4 is 10.9 Å². The van der Waals surface area contributed by atoms with Crippen LogP contribution in [-0.4, -0.2) is 33.3 Å². The van der Waals surface area contributed by atoms with E-state index in [1.807, 2.05) is 37.3 Å². The molecule has 0 fully saturated rings. The maximum absolute atomic E-state index is 13.4. The molecule has 5 rings (SSSR count). The molecule has 0 radical (unpaired) electrons. The highest BCUT2D eigenvalue weighted by Gasteiger charge is 2.18. The lowest BCUT2D eigenvalue weighted by atomic mass is 10.0. The molecule has 5 aromatic rings. The number of hydrogen-bond donors (Lipinski definition) is 0. The predicted molar refractivity (Wildman–Crippen MR) is 149 cm³/mol. The number of aryl methyl sites for hydroxylation is 1. The summed E-state index contributed by atoms with van der Waals surface area (Å²) in [4.78, 5) is 35.5. The van der Waals surface area contributed by atoms with E-state index in [1.54, 1.807) is 64.9 Å². The van der Waals surface area contributed by atoms with Crippen molar-refractivity contribution in [2.24, 2.45) is 7.05 Å². The molecule has 0 unspecified atom stereocenters. The van der Waals surface area contributed by atoms with Crippen molar-refractivity contribution in [2.75, 3.05) is 14.2 Å². The van der Waals surface area contributed by atoms with Gasteiger partial charge in [0.15, 0.2) is 11.5 Å². The van der Waals surface area contributed by atoms with Crippen LogP contribution in [-0.2, 0) is 13.6 Å². The molecular formula is C30H28N4O5. The summed E-state index contributed by atoms with van der Waals surface area (Å²) < 4.78 is 19.5. The Balaban J connectivity index is 1.50. The van der Waals surface area contributed by atoms with Gasteiger partial charge in [-0.2, -0.15) is 0 Å². The van der Waals surface area contributed by atoms with Gasteiger partial charge in [-0.25, -0.2) is 9.78 Å². The molecular weight excluding hydrogens is 496 g/mol. The van der Waals surface area contributed by atoms with E-state index >= 15 is 0 Å². The molecule has 0 saturated carbocycles. The Labute approximate surface area is 224 Å². The smallest absolute Gasteiger partial charge is 0.331 e. The van der Waals surface area contributed by atoms with E-state index in [4.69, 9.17) is 14.2 Å². The highest BCUT2D eigenvalue weighted by atomic mass is 16.5. The lowest BCUT2D eigenvalue weighted by Gasteiger charge is -2.18. The normalized spacial score (nSPS) is 11.0. The van der Waals surface area contributed by atoms with Gasteiger partial charge in [0.05, 0.1) is 26.5 Å². The monoisotopic (exact) mass is 524 g/mol. The molecule has 0 N–H and O–H groups in total. The predicted octanol–water partition coefficient (Wildman–Crippen LogP) is 4.63. The molecule has 3 aromatic heterocycles. The molecule has 0 aliphatic rings. The van der Waals surface area contributed by atoms with Crippen LogP contribution in [0.15, 0.2) is 76.6 Å². The molecule has 0 atom stereocenters. The van der Waals surface area contributed by atoms with Crippen molar-refractivity contribution in [2.45, 2.75) is 20.4 Å². The van der Waals surface area contributed by atoms with Gasteiger partial charge in [-0.3, -0.25) is 18.9 Å². The summed E-state index contributed by atoms with van der Waals surface area (Å²) >= 11 is 0. The summed E-state index contributed by atoms with van der Waals surface area (Å²) in [7, 11) is 4.77. The number of pyridine rings is 2. The summed E-state index contributed by atoms with van der Waals surface area (Å²) in [6, 6.07) is 16.5. The third-order valence-corrected chi connectivity index (χ3v) is 6.72. The van der Waals surface area contributed by atoms with Crippen molar-refractivity contribution < 1.29 is 14.2 Å². The molecule has 0 aliphatic carbocycles. The van der Waals surface area contributed by atoms with Gasteiger partial charge in [0.1, 0.15) is 11.3 Å². The van der Waals surface area contributed by atoms with E-state index in [0.29, 0.717) is 39.9 Å². The summed E-state index contributed by atoms with van der Waals surface area (Å²) in [6.45, 7) is 3.75. The standard InChI is InChI=1S/C30H28N4O5/c1-18-15-22(39-28-26-21(12-14-32-28)7-6-13-31-26)9-10-23(18)27-19(2)29(35)34(30(36)33(27)3)17-20-8-11-24(37-4)25(16-20)38-5/h6-16H,17H2,1-5H3.